The number of esters is 2. The number of aliphatic carboxylic acids is 1. The summed E-state index contributed by atoms with van der Waals surface area (Å²) in [7, 11) is 5.37. The van der Waals surface area contributed by atoms with Crippen LogP contribution in [0.2, 0.25) is 0 Å². The maximum Gasteiger partial charge on any atom is 0.306 e. The number of carbonyl (C=O) groups is 3. The number of allylic oxidation sites excluding steroid dienone is 14. The quantitative estimate of drug-likeness (QED) is 0.0271. The Morgan fingerprint density at radius 1 is 0.564 bits per heavy atom. The minimum atomic E-state index is -1.14. The number of carboxylic acids is 1. The van der Waals surface area contributed by atoms with E-state index in [0.29, 0.717) is 12.8 Å². The molecule has 8 heteroatoms. The molecule has 0 aromatic heterocycles. The zero-order valence-electron chi connectivity index (χ0n) is 35.3. The summed E-state index contributed by atoms with van der Waals surface area (Å²) >= 11 is 0. The van der Waals surface area contributed by atoms with E-state index in [1.54, 1.807) is 21.1 Å². The molecule has 0 bridgehead atoms. The van der Waals surface area contributed by atoms with Crippen LogP contribution in [-0.2, 0) is 28.6 Å². The van der Waals surface area contributed by atoms with E-state index in [9.17, 15) is 19.5 Å². The fourth-order valence-electron chi connectivity index (χ4n) is 5.49. The van der Waals surface area contributed by atoms with Crippen LogP contribution in [0.15, 0.2) is 85.1 Å². The van der Waals surface area contributed by atoms with Crippen molar-refractivity contribution >= 4 is 17.9 Å². The summed E-state index contributed by atoms with van der Waals surface area (Å²) in [4.78, 5) is 36.8. The fraction of sp³-hybridized carbons (Fsp3) is 0.638. The van der Waals surface area contributed by atoms with Gasteiger partial charge in [0.25, 0.3) is 0 Å². The number of ether oxygens (including phenoxy) is 3. The molecule has 0 fully saturated rings. The van der Waals surface area contributed by atoms with Crippen molar-refractivity contribution in [3.05, 3.63) is 85.1 Å². The molecule has 0 N–H and O–H groups in total. The van der Waals surface area contributed by atoms with E-state index < -0.39 is 18.1 Å². The third-order valence-electron chi connectivity index (χ3n) is 8.77. The van der Waals surface area contributed by atoms with Gasteiger partial charge in [0.05, 0.1) is 40.3 Å². The van der Waals surface area contributed by atoms with E-state index in [1.165, 1.54) is 25.7 Å². The smallest absolute Gasteiger partial charge is 0.306 e. The monoisotopic (exact) mass is 768 g/mol. The normalized spacial score (nSPS) is 13.8. The van der Waals surface area contributed by atoms with E-state index in [4.69, 9.17) is 14.2 Å². The summed E-state index contributed by atoms with van der Waals surface area (Å²) in [5.41, 5.74) is 0. The fourth-order valence-corrected chi connectivity index (χ4v) is 5.49. The summed E-state index contributed by atoms with van der Waals surface area (Å²) in [6.45, 7) is 4.41. The van der Waals surface area contributed by atoms with Crippen LogP contribution in [-0.4, -0.2) is 75.5 Å². The number of nitrogens with zero attached hydrogens (tertiary/aromatic N) is 1. The summed E-state index contributed by atoms with van der Waals surface area (Å²) in [6, 6.07) is -0.743. The molecule has 312 valence electrons. The maximum atomic E-state index is 12.7. The molecule has 0 spiro atoms. The highest BCUT2D eigenvalue weighted by molar-refractivity contribution is 5.70. The molecule has 0 amide bonds. The Morgan fingerprint density at radius 2 is 1.04 bits per heavy atom. The number of likely N-dealkylation sites (N-methyl/N-ethyl adjacent to an activating group) is 1. The van der Waals surface area contributed by atoms with Crippen molar-refractivity contribution in [2.24, 2.45) is 0 Å². The Kier molecular flexibility index (Phi) is 35.1. The Hall–Kier alpha value is -3.49. The van der Waals surface area contributed by atoms with Crippen LogP contribution in [0.25, 0.3) is 0 Å². The number of rotatable bonds is 36. The average molecular weight is 768 g/mol. The average Bonchev–Trinajstić information content (AvgIpc) is 3.14. The first-order valence-corrected chi connectivity index (χ1v) is 21.1. The highest BCUT2D eigenvalue weighted by Crippen LogP contribution is 2.11. The molecule has 0 saturated carbocycles. The molecule has 0 saturated heterocycles. The third kappa shape index (κ3) is 35.9. The van der Waals surface area contributed by atoms with Gasteiger partial charge in [-0.15, -0.1) is 0 Å². The second-order valence-corrected chi connectivity index (χ2v) is 14.8. The lowest BCUT2D eigenvalue weighted by Crippen LogP contribution is -2.55. The van der Waals surface area contributed by atoms with Gasteiger partial charge < -0.3 is 28.6 Å². The van der Waals surface area contributed by atoms with Gasteiger partial charge in [-0.2, -0.15) is 0 Å². The van der Waals surface area contributed by atoms with Crippen molar-refractivity contribution < 1.29 is 38.2 Å². The number of unbranched alkanes of at least 4 members (excludes halogenated alkanes) is 8. The van der Waals surface area contributed by atoms with Gasteiger partial charge in [-0.05, 0) is 83.5 Å². The minimum absolute atomic E-state index is 0.00627. The highest BCUT2D eigenvalue weighted by atomic mass is 16.6. The second-order valence-electron chi connectivity index (χ2n) is 14.8. The molecule has 0 aliphatic rings. The van der Waals surface area contributed by atoms with Gasteiger partial charge in [0.15, 0.2) is 6.10 Å². The standard InChI is InChI=1S/C47H77NO7/c1-6-8-10-12-14-16-18-20-22-23-24-26-28-30-32-34-36-38-46(50)55-43(41-53-40-39-44(47(51)52)48(3,4)5)42-54-45(49)37-35-33-31-29-27-25-21-19-17-15-13-11-9-7-2/h9,11,14-17,20-22,24-26,30,32,43-44H,6-8,10,12-13,18-19,23,27-29,31,33-42H2,1-5H3/b11-9+,16-14+,17-15+,22-20+,25-21+,26-24+,32-30+. The number of carboxylic acid groups (broad SMARTS) is 1. The van der Waals surface area contributed by atoms with E-state index in [0.717, 1.165) is 77.0 Å². The second kappa shape index (κ2) is 37.4. The minimum Gasteiger partial charge on any atom is -0.544 e. The maximum absolute atomic E-state index is 12.7. The van der Waals surface area contributed by atoms with Crippen molar-refractivity contribution in [2.75, 3.05) is 41.0 Å². The molecule has 0 rings (SSSR count). The summed E-state index contributed by atoms with van der Waals surface area (Å²) in [6.07, 6.45) is 47.6. The first-order valence-electron chi connectivity index (χ1n) is 21.1. The molecule has 0 aromatic rings. The van der Waals surface area contributed by atoms with E-state index >= 15 is 0 Å². The van der Waals surface area contributed by atoms with Gasteiger partial charge in [0.2, 0.25) is 0 Å². The van der Waals surface area contributed by atoms with E-state index in [-0.39, 0.29) is 49.1 Å². The predicted octanol–water partition coefficient (Wildman–Crippen LogP) is 10.0. The Morgan fingerprint density at radius 3 is 1.55 bits per heavy atom. The molecule has 8 nitrogen and oxygen atoms in total. The van der Waals surface area contributed by atoms with Crippen LogP contribution in [0.5, 0.6) is 0 Å². The molecule has 0 aromatic carbocycles. The van der Waals surface area contributed by atoms with E-state index in [1.807, 2.05) is 0 Å². The lowest BCUT2D eigenvalue weighted by Gasteiger charge is -2.34. The SMILES string of the molecule is CC/C=C/C/C=C/C/C=C/CCCCCCC(=O)OCC(COCCC(C(=O)[O-])[N+](C)(C)C)OC(=O)CCC/C=C/C/C=C/C/C=C/C/C=C/CCCCC. The Bertz CT molecular complexity index is 1170. The first-order chi connectivity index (χ1) is 26.6. The zero-order chi connectivity index (χ0) is 40.7. The number of quaternary nitrogens is 1. The van der Waals surface area contributed by atoms with Crippen LogP contribution in [0.3, 0.4) is 0 Å². The lowest BCUT2D eigenvalue weighted by atomic mass is 10.1. The van der Waals surface area contributed by atoms with Crippen LogP contribution < -0.4 is 5.11 Å². The molecule has 2 atom stereocenters. The van der Waals surface area contributed by atoms with E-state index in [2.05, 4.69) is 98.9 Å². The van der Waals surface area contributed by atoms with Crippen molar-refractivity contribution in [3.63, 3.8) is 0 Å². The first kappa shape index (κ1) is 51.5. The molecular weight excluding hydrogens is 691 g/mol. The molecule has 55 heavy (non-hydrogen) atoms. The molecule has 0 aliphatic carbocycles. The van der Waals surface area contributed by atoms with Crippen LogP contribution in [0.4, 0.5) is 0 Å². The van der Waals surface area contributed by atoms with Crippen LogP contribution >= 0.6 is 0 Å². The van der Waals surface area contributed by atoms with Crippen LogP contribution in [0, 0.1) is 0 Å². The summed E-state index contributed by atoms with van der Waals surface area (Å²) < 4.78 is 17.0. The molecular formula is C47H77NO7. The lowest BCUT2D eigenvalue weighted by molar-refractivity contribution is -0.889. The highest BCUT2D eigenvalue weighted by Gasteiger charge is 2.25. The zero-order valence-corrected chi connectivity index (χ0v) is 35.3. The van der Waals surface area contributed by atoms with Gasteiger partial charge in [-0.3, -0.25) is 9.59 Å². The van der Waals surface area contributed by atoms with Crippen molar-refractivity contribution in [2.45, 2.75) is 154 Å². The molecule has 0 radical (unpaired) electrons. The number of hydrogen-bond donors (Lipinski definition) is 0. The number of carbonyl (C=O) groups excluding carboxylic acids is 3. The molecule has 2 unspecified atom stereocenters. The Labute approximate surface area is 335 Å². The van der Waals surface area contributed by atoms with Gasteiger partial charge >= 0.3 is 11.9 Å². The third-order valence-corrected chi connectivity index (χ3v) is 8.77. The predicted molar refractivity (Wildman–Crippen MR) is 226 cm³/mol. The molecule has 0 aliphatic heterocycles. The molecule has 0 heterocycles. The van der Waals surface area contributed by atoms with Gasteiger partial charge in [0, 0.05) is 19.3 Å². The number of hydrogen-bond acceptors (Lipinski definition) is 7. The van der Waals surface area contributed by atoms with Gasteiger partial charge in [-0.25, -0.2) is 0 Å². The van der Waals surface area contributed by atoms with Crippen LogP contribution in [0.1, 0.15) is 142 Å². The van der Waals surface area contributed by atoms with Gasteiger partial charge in [0.1, 0.15) is 12.6 Å². The summed E-state index contributed by atoms with van der Waals surface area (Å²) in [5.74, 6) is -1.85. The van der Waals surface area contributed by atoms with Gasteiger partial charge in [-0.1, -0.05) is 125 Å². The van der Waals surface area contributed by atoms with Crippen molar-refractivity contribution in [1.82, 2.24) is 0 Å². The van der Waals surface area contributed by atoms with Crippen molar-refractivity contribution in [3.8, 4) is 0 Å². The van der Waals surface area contributed by atoms with Crippen molar-refractivity contribution in [1.29, 1.82) is 0 Å². The Balaban J connectivity index is 4.53. The summed E-state index contributed by atoms with van der Waals surface area (Å²) in [5, 5.41) is 11.6. The largest absolute Gasteiger partial charge is 0.544 e. The topological polar surface area (TPSA) is 102 Å².